The van der Waals surface area contributed by atoms with Crippen LogP contribution in [0.15, 0.2) is 24.3 Å². The van der Waals surface area contributed by atoms with E-state index in [2.05, 4.69) is 16.0 Å². The first-order valence-electron chi connectivity index (χ1n) is 6.91. The van der Waals surface area contributed by atoms with Gasteiger partial charge in [0, 0.05) is 12.6 Å². The zero-order valence-electron chi connectivity index (χ0n) is 11.5. The lowest BCUT2D eigenvalue weighted by Gasteiger charge is -2.23. The molecule has 1 aliphatic heterocycles. The largest absolute Gasteiger partial charge is 0.418 e. The van der Waals surface area contributed by atoms with E-state index in [1.54, 1.807) is 0 Å². The molecule has 0 bridgehead atoms. The smallest absolute Gasteiger partial charge is 0.336 e. The Hall–Kier alpha value is -1.76. The number of rotatable bonds is 3. The van der Waals surface area contributed by atoms with Gasteiger partial charge in [0.25, 0.3) is 0 Å². The highest BCUT2D eigenvalue weighted by Gasteiger charge is 2.33. The van der Waals surface area contributed by atoms with Crippen molar-refractivity contribution in [1.82, 2.24) is 10.6 Å². The molecule has 116 valence electrons. The predicted octanol–water partition coefficient (Wildman–Crippen LogP) is 2.97. The van der Waals surface area contributed by atoms with Crippen LogP contribution in [0.4, 0.5) is 23.7 Å². The number of nitrogens with one attached hydrogen (secondary N) is 3. The Morgan fingerprint density at radius 3 is 2.71 bits per heavy atom. The average Bonchev–Trinajstić information content (AvgIpc) is 2.46. The van der Waals surface area contributed by atoms with Crippen molar-refractivity contribution in [3.8, 4) is 0 Å². The maximum atomic E-state index is 12.8. The third-order valence-corrected chi connectivity index (χ3v) is 3.40. The third kappa shape index (κ3) is 4.63. The van der Waals surface area contributed by atoms with Gasteiger partial charge >= 0.3 is 12.2 Å². The van der Waals surface area contributed by atoms with Gasteiger partial charge in [-0.2, -0.15) is 13.2 Å². The molecule has 1 atom stereocenters. The number of hydrogen-bond acceptors (Lipinski definition) is 2. The second-order valence-electron chi connectivity index (χ2n) is 5.03. The van der Waals surface area contributed by atoms with Crippen LogP contribution in [0.3, 0.4) is 0 Å². The van der Waals surface area contributed by atoms with Crippen molar-refractivity contribution in [1.29, 1.82) is 0 Å². The Bertz CT molecular complexity index is 485. The van der Waals surface area contributed by atoms with Crippen LogP contribution in [0.25, 0.3) is 0 Å². The monoisotopic (exact) mass is 301 g/mol. The standard InChI is InChI=1S/C14H18F3N3O/c15-14(16,17)11-6-1-2-7-12(11)20-13(21)19-9-10-5-3-4-8-18-10/h1-2,6-7,10,18H,3-5,8-9H2,(H2,19,20,21). The van der Waals surface area contributed by atoms with Gasteiger partial charge in [0.1, 0.15) is 0 Å². The lowest BCUT2D eigenvalue weighted by atomic mass is 10.1. The molecule has 1 aromatic carbocycles. The number of alkyl halides is 3. The number of amides is 2. The molecule has 0 aromatic heterocycles. The molecule has 1 aliphatic rings. The molecule has 0 aliphatic carbocycles. The van der Waals surface area contributed by atoms with Gasteiger partial charge in [-0.3, -0.25) is 0 Å². The van der Waals surface area contributed by atoms with Crippen LogP contribution in [-0.2, 0) is 6.18 Å². The van der Waals surface area contributed by atoms with Crippen LogP contribution in [-0.4, -0.2) is 25.2 Å². The molecular weight excluding hydrogens is 283 g/mol. The molecule has 0 saturated carbocycles. The van der Waals surface area contributed by atoms with E-state index in [0.717, 1.165) is 31.9 Å². The number of piperidine rings is 1. The predicted molar refractivity (Wildman–Crippen MR) is 74.1 cm³/mol. The van der Waals surface area contributed by atoms with Gasteiger partial charge < -0.3 is 16.0 Å². The molecule has 7 heteroatoms. The van der Waals surface area contributed by atoms with E-state index >= 15 is 0 Å². The summed E-state index contributed by atoms with van der Waals surface area (Å²) in [7, 11) is 0. The maximum Gasteiger partial charge on any atom is 0.418 e. The molecule has 2 amide bonds. The van der Waals surface area contributed by atoms with E-state index in [0.29, 0.717) is 6.54 Å². The van der Waals surface area contributed by atoms with Gasteiger partial charge in [-0.15, -0.1) is 0 Å². The molecule has 4 nitrogen and oxygen atoms in total. The number of carbonyl (C=O) groups excluding carboxylic acids is 1. The number of para-hydroxylation sites is 1. The molecule has 1 heterocycles. The SMILES string of the molecule is O=C(NCC1CCCCN1)Nc1ccccc1C(F)(F)F. The molecule has 0 radical (unpaired) electrons. The van der Waals surface area contributed by atoms with Crippen molar-refractivity contribution < 1.29 is 18.0 Å². The van der Waals surface area contributed by atoms with E-state index in [-0.39, 0.29) is 11.7 Å². The topological polar surface area (TPSA) is 53.2 Å². The van der Waals surface area contributed by atoms with E-state index in [1.807, 2.05) is 0 Å². The lowest BCUT2D eigenvalue weighted by Crippen LogP contribution is -2.44. The summed E-state index contributed by atoms with van der Waals surface area (Å²) in [6.45, 7) is 1.31. The summed E-state index contributed by atoms with van der Waals surface area (Å²) in [5.41, 5.74) is -1.09. The van der Waals surface area contributed by atoms with Crippen LogP contribution in [0, 0.1) is 0 Å². The van der Waals surface area contributed by atoms with Crippen LogP contribution >= 0.6 is 0 Å². The van der Waals surface area contributed by atoms with Crippen molar-refractivity contribution in [2.75, 3.05) is 18.4 Å². The zero-order valence-corrected chi connectivity index (χ0v) is 11.5. The zero-order chi connectivity index (χ0) is 15.3. The highest BCUT2D eigenvalue weighted by molar-refractivity contribution is 5.90. The molecule has 1 saturated heterocycles. The van der Waals surface area contributed by atoms with Gasteiger partial charge in [0.2, 0.25) is 0 Å². The lowest BCUT2D eigenvalue weighted by molar-refractivity contribution is -0.136. The number of anilines is 1. The molecule has 1 fully saturated rings. The van der Waals surface area contributed by atoms with Gasteiger partial charge in [-0.1, -0.05) is 18.6 Å². The fourth-order valence-corrected chi connectivity index (χ4v) is 2.32. The van der Waals surface area contributed by atoms with Crippen LogP contribution in [0.1, 0.15) is 24.8 Å². The minimum Gasteiger partial charge on any atom is -0.336 e. The van der Waals surface area contributed by atoms with Crippen molar-refractivity contribution >= 4 is 11.7 Å². The van der Waals surface area contributed by atoms with Gasteiger partial charge in [0.05, 0.1) is 11.3 Å². The highest BCUT2D eigenvalue weighted by atomic mass is 19.4. The minimum absolute atomic E-state index is 0.183. The molecule has 1 unspecified atom stereocenters. The normalized spacial score (nSPS) is 19.1. The quantitative estimate of drug-likeness (QED) is 0.804. The number of hydrogen-bond donors (Lipinski definition) is 3. The second kappa shape index (κ2) is 6.80. The maximum absolute atomic E-state index is 12.8. The van der Waals surface area contributed by atoms with E-state index < -0.39 is 17.8 Å². The van der Waals surface area contributed by atoms with Crippen LogP contribution in [0.2, 0.25) is 0 Å². The first kappa shape index (κ1) is 15.6. The minimum atomic E-state index is -4.49. The summed E-state index contributed by atoms with van der Waals surface area (Å²) in [5.74, 6) is 0. The Kier molecular flexibility index (Phi) is 5.06. The van der Waals surface area contributed by atoms with Crippen LogP contribution in [0.5, 0.6) is 0 Å². The fourth-order valence-electron chi connectivity index (χ4n) is 2.32. The molecule has 1 aromatic rings. The Balaban J connectivity index is 1.90. The summed E-state index contributed by atoms with van der Waals surface area (Å²) < 4.78 is 38.4. The average molecular weight is 301 g/mol. The second-order valence-corrected chi connectivity index (χ2v) is 5.03. The van der Waals surface area contributed by atoms with Crippen molar-refractivity contribution in [3.05, 3.63) is 29.8 Å². The molecule has 2 rings (SSSR count). The number of carbonyl (C=O) groups is 1. The summed E-state index contributed by atoms with van der Waals surface area (Å²) in [6, 6.07) is 4.48. The van der Waals surface area contributed by atoms with Crippen molar-refractivity contribution in [2.24, 2.45) is 0 Å². The Morgan fingerprint density at radius 1 is 1.29 bits per heavy atom. The van der Waals surface area contributed by atoms with E-state index in [9.17, 15) is 18.0 Å². The van der Waals surface area contributed by atoms with Gasteiger partial charge in [0.15, 0.2) is 0 Å². The molecular formula is C14H18F3N3O. The summed E-state index contributed by atoms with van der Waals surface area (Å²) in [5, 5.41) is 8.11. The van der Waals surface area contributed by atoms with Gasteiger partial charge in [-0.05, 0) is 31.5 Å². The Morgan fingerprint density at radius 2 is 2.05 bits per heavy atom. The van der Waals surface area contributed by atoms with Crippen molar-refractivity contribution in [2.45, 2.75) is 31.5 Å². The first-order valence-corrected chi connectivity index (χ1v) is 6.91. The molecule has 0 spiro atoms. The molecule has 21 heavy (non-hydrogen) atoms. The molecule has 3 N–H and O–H groups in total. The number of halogens is 3. The summed E-state index contributed by atoms with van der Waals surface area (Å²) >= 11 is 0. The number of urea groups is 1. The third-order valence-electron chi connectivity index (χ3n) is 3.40. The van der Waals surface area contributed by atoms with Gasteiger partial charge in [-0.25, -0.2) is 4.79 Å². The van der Waals surface area contributed by atoms with Crippen molar-refractivity contribution in [3.63, 3.8) is 0 Å². The number of benzene rings is 1. The van der Waals surface area contributed by atoms with E-state index in [1.165, 1.54) is 18.2 Å². The van der Waals surface area contributed by atoms with E-state index in [4.69, 9.17) is 0 Å². The Labute approximate surface area is 121 Å². The first-order chi connectivity index (χ1) is 9.97. The summed E-state index contributed by atoms with van der Waals surface area (Å²) in [4.78, 5) is 11.7. The fraction of sp³-hybridized carbons (Fsp3) is 0.500. The van der Waals surface area contributed by atoms with Crippen LogP contribution < -0.4 is 16.0 Å². The highest BCUT2D eigenvalue weighted by Crippen LogP contribution is 2.34. The summed E-state index contributed by atoms with van der Waals surface area (Å²) in [6.07, 6.45) is -1.33.